The summed E-state index contributed by atoms with van der Waals surface area (Å²) in [6.07, 6.45) is -3.03. The zero-order chi connectivity index (χ0) is 17.8. The predicted molar refractivity (Wildman–Crippen MR) is 92.8 cm³/mol. The number of halogens is 4. The molecule has 0 aliphatic carbocycles. The molecule has 1 atom stereocenters. The summed E-state index contributed by atoms with van der Waals surface area (Å²) >= 11 is 6.12. The lowest BCUT2D eigenvalue weighted by atomic mass is 9.87. The highest BCUT2D eigenvalue weighted by molar-refractivity contribution is 6.30. The highest BCUT2D eigenvalue weighted by atomic mass is 35.5. The Balaban J connectivity index is 1.98. The van der Waals surface area contributed by atoms with Crippen LogP contribution in [0.1, 0.15) is 29.5 Å². The van der Waals surface area contributed by atoms with Crippen LogP contribution in [0.2, 0.25) is 5.02 Å². The lowest BCUT2D eigenvalue weighted by molar-refractivity contribution is -0.136. The van der Waals surface area contributed by atoms with Crippen LogP contribution >= 0.6 is 11.6 Å². The summed E-state index contributed by atoms with van der Waals surface area (Å²) in [5, 5.41) is 1.05. The van der Waals surface area contributed by atoms with Crippen molar-refractivity contribution >= 4 is 33.9 Å². The van der Waals surface area contributed by atoms with Gasteiger partial charge in [0.25, 0.3) is 0 Å². The van der Waals surface area contributed by atoms with E-state index in [0.717, 1.165) is 28.6 Å². The van der Waals surface area contributed by atoms with Crippen LogP contribution in [0.15, 0.2) is 53.7 Å². The second kappa shape index (κ2) is 5.56. The largest absolute Gasteiger partial charge is 0.418 e. The maximum absolute atomic E-state index is 13.3. The van der Waals surface area contributed by atoms with Crippen LogP contribution in [0, 0.1) is 0 Å². The molecule has 1 aromatic heterocycles. The minimum absolute atomic E-state index is 0.0456. The number of pyridine rings is 1. The summed E-state index contributed by atoms with van der Waals surface area (Å²) in [6, 6.07) is 11.3. The lowest BCUT2D eigenvalue weighted by Gasteiger charge is -2.17. The number of aromatic nitrogens is 1. The summed E-state index contributed by atoms with van der Waals surface area (Å²) in [7, 11) is 0. The van der Waals surface area contributed by atoms with E-state index in [2.05, 4.69) is 9.98 Å². The molecule has 2 nitrogen and oxygen atoms in total. The number of rotatable bonds is 1. The molecule has 2 aromatic carbocycles. The molecule has 25 heavy (non-hydrogen) atoms. The first-order chi connectivity index (χ1) is 11.9. The summed E-state index contributed by atoms with van der Waals surface area (Å²) in [5.74, 6) is -0.234. The molecule has 2 heterocycles. The molecular weight excluding hydrogens is 349 g/mol. The molecule has 0 saturated heterocycles. The van der Waals surface area contributed by atoms with Gasteiger partial charge in [0.1, 0.15) is 0 Å². The summed E-state index contributed by atoms with van der Waals surface area (Å²) < 4.78 is 39.9. The van der Waals surface area contributed by atoms with Gasteiger partial charge in [-0.15, -0.1) is 0 Å². The van der Waals surface area contributed by atoms with Gasteiger partial charge in [-0.2, -0.15) is 13.2 Å². The number of hydrogen-bond donors (Lipinski definition) is 0. The third kappa shape index (κ3) is 2.59. The Hall–Kier alpha value is -2.40. The average Bonchev–Trinajstić information content (AvgIpc) is 2.88. The minimum Gasteiger partial charge on any atom is -0.257 e. The Bertz CT molecular complexity index is 1020. The van der Waals surface area contributed by atoms with Crippen molar-refractivity contribution in [3.63, 3.8) is 0 Å². The molecular formula is C19H12ClF3N2. The summed E-state index contributed by atoms with van der Waals surface area (Å²) in [4.78, 5) is 8.54. The molecule has 0 amide bonds. The molecule has 1 unspecified atom stereocenters. The van der Waals surface area contributed by atoms with Crippen molar-refractivity contribution in [3.8, 4) is 0 Å². The van der Waals surface area contributed by atoms with E-state index in [4.69, 9.17) is 11.6 Å². The quantitative estimate of drug-likeness (QED) is 0.511. The van der Waals surface area contributed by atoms with Gasteiger partial charge in [0, 0.05) is 28.2 Å². The van der Waals surface area contributed by atoms with Crippen molar-refractivity contribution < 1.29 is 13.2 Å². The Labute approximate surface area is 147 Å². The number of fused-ring (bicyclic) bond motifs is 2. The lowest BCUT2D eigenvalue weighted by Crippen LogP contribution is -2.10. The Morgan fingerprint density at radius 3 is 2.60 bits per heavy atom. The number of hydrogen-bond acceptors (Lipinski definition) is 2. The van der Waals surface area contributed by atoms with E-state index >= 15 is 0 Å². The first kappa shape index (κ1) is 16.1. The topological polar surface area (TPSA) is 25.2 Å². The van der Waals surface area contributed by atoms with E-state index in [1.54, 1.807) is 18.2 Å². The van der Waals surface area contributed by atoms with Crippen molar-refractivity contribution in [3.05, 3.63) is 70.4 Å². The van der Waals surface area contributed by atoms with Crippen molar-refractivity contribution in [2.75, 3.05) is 0 Å². The number of alkyl halides is 3. The molecule has 1 aliphatic heterocycles. The van der Waals surface area contributed by atoms with Crippen molar-refractivity contribution in [1.29, 1.82) is 0 Å². The van der Waals surface area contributed by atoms with E-state index in [1.165, 1.54) is 12.3 Å². The molecule has 126 valence electrons. The number of benzene rings is 2. The maximum atomic E-state index is 13.3. The fourth-order valence-electron chi connectivity index (χ4n) is 3.41. The van der Waals surface area contributed by atoms with Crippen LogP contribution in [0.3, 0.4) is 0 Å². The highest BCUT2D eigenvalue weighted by Gasteiger charge is 2.34. The molecule has 4 rings (SSSR count). The molecule has 0 radical (unpaired) electrons. The van der Waals surface area contributed by atoms with E-state index in [0.29, 0.717) is 10.4 Å². The van der Waals surface area contributed by atoms with Gasteiger partial charge in [0.2, 0.25) is 0 Å². The zero-order valence-corrected chi connectivity index (χ0v) is 13.9. The third-order valence-corrected chi connectivity index (χ3v) is 4.67. The maximum Gasteiger partial charge on any atom is 0.418 e. The van der Waals surface area contributed by atoms with Crippen molar-refractivity contribution in [1.82, 2.24) is 4.98 Å². The summed E-state index contributed by atoms with van der Waals surface area (Å²) in [6.45, 7) is 1.87. The smallest absolute Gasteiger partial charge is 0.257 e. The number of aliphatic imine (C=N–C) groups is 1. The van der Waals surface area contributed by atoms with Gasteiger partial charge in [-0.3, -0.25) is 9.98 Å². The summed E-state index contributed by atoms with van der Waals surface area (Å²) in [5.41, 5.74) is 2.49. The van der Waals surface area contributed by atoms with E-state index < -0.39 is 11.7 Å². The zero-order valence-electron chi connectivity index (χ0n) is 13.1. The number of para-hydroxylation sites is 1. The average molecular weight is 361 g/mol. The molecule has 0 spiro atoms. The number of nitrogens with zero attached hydrogens (tertiary/aromatic N) is 2. The van der Waals surface area contributed by atoms with Crippen LogP contribution in [-0.2, 0) is 6.18 Å². The van der Waals surface area contributed by atoms with Gasteiger partial charge in [-0.1, -0.05) is 23.7 Å². The Morgan fingerprint density at radius 1 is 1.04 bits per heavy atom. The monoisotopic (exact) mass is 360 g/mol. The molecule has 6 heteroatoms. The van der Waals surface area contributed by atoms with Crippen LogP contribution in [0.4, 0.5) is 18.9 Å². The van der Waals surface area contributed by atoms with Crippen molar-refractivity contribution in [2.45, 2.75) is 19.0 Å². The fourth-order valence-corrected chi connectivity index (χ4v) is 3.59. The van der Waals surface area contributed by atoms with E-state index in [9.17, 15) is 13.2 Å². The minimum atomic E-state index is -4.45. The first-order valence-corrected chi connectivity index (χ1v) is 8.03. The Kier molecular flexibility index (Phi) is 3.58. The van der Waals surface area contributed by atoms with Gasteiger partial charge < -0.3 is 0 Å². The molecule has 0 N–H and O–H groups in total. The van der Waals surface area contributed by atoms with Gasteiger partial charge in [0.15, 0.2) is 0 Å². The standard InChI is InChI=1S/C19H12ClF3N2/c1-10-17(14-9-11(20)5-6-16(14)25-10)12-7-8-24-18-13(12)3-2-4-15(18)19(21,22)23/h2-9,17H,1H3. The molecule has 0 saturated carbocycles. The van der Waals surface area contributed by atoms with Crippen LogP contribution < -0.4 is 0 Å². The van der Waals surface area contributed by atoms with Gasteiger partial charge in [0.05, 0.1) is 16.8 Å². The Morgan fingerprint density at radius 2 is 1.84 bits per heavy atom. The third-order valence-electron chi connectivity index (χ3n) is 4.44. The van der Waals surface area contributed by atoms with Gasteiger partial charge in [-0.25, -0.2) is 0 Å². The van der Waals surface area contributed by atoms with E-state index in [1.807, 2.05) is 19.1 Å². The van der Waals surface area contributed by atoms with Gasteiger partial charge in [-0.05, 0) is 48.4 Å². The second-order valence-electron chi connectivity index (χ2n) is 5.99. The second-order valence-corrected chi connectivity index (χ2v) is 6.43. The van der Waals surface area contributed by atoms with Gasteiger partial charge >= 0.3 is 6.18 Å². The SMILES string of the molecule is CC1=Nc2ccc(Cl)cc2C1c1ccnc2c(C(F)(F)F)cccc12. The van der Waals surface area contributed by atoms with Crippen LogP contribution in [0.5, 0.6) is 0 Å². The molecule has 3 aromatic rings. The van der Waals surface area contributed by atoms with Crippen LogP contribution in [0.25, 0.3) is 10.9 Å². The first-order valence-electron chi connectivity index (χ1n) is 7.66. The van der Waals surface area contributed by atoms with E-state index in [-0.39, 0.29) is 11.4 Å². The predicted octanol–water partition coefficient (Wildman–Crippen LogP) is 6.14. The molecule has 0 bridgehead atoms. The normalized spacial score (nSPS) is 16.8. The highest BCUT2D eigenvalue weighted by Crippen LogP contribution is 2.43. The van der Waals surface area contributed by atoms with Crippen molar-refractivity contribution in [2.24, 2.45) is 4.99 Å². The molecule has 0 fully saturated rings. The fraction of sp³-hybridized carbons (Fsp3) is 0.158. The molecule has 1 aliphatic rings. The van der Waals surface area contributed by atoms with Crippen LogP contribution in [-0.4, -0.2) is 10.7 Å².